The molecule has 0 aromatic heterocycles. The predicted octanol–water partition coefficient (Wildman–Crippen LogP) is 4.32. The number of benzene rings is 2. The third kappa shape index (κ3) is 3.85. The monoisotopic (exact) mass is 271 g/mol. The fourth-order valence-electron chi connectivity index (χ4n) is 2.11. The van der Waals surface area contributed by atoms with Gasteiger partial charge in [0.25, 0.3) is 0 Å². The normalized spacial score (nSPS) is 10.7. The summed E-state index contributed by atoms with van der Waals surface area (Å²) in [4.78, 5) is 1.38. The first-order valence-corrected chi connectivity index (χ1v) is 7.60. The highest BCUT2D eigenvalue weighted by Crippen LogP contribution is 2.28. The van der Waals surface area contributed by atoms with Gasteiger partial charge in [-0.05, 0) is 43.7 Å². The van der Waals surface area contributed by atoms with Crippen molar-refractivity contribution in [2.75, 3.05) is 7.05 Å². The lowest BCUT2D eigenvalue weighted by molar-refractivity contribution is 0.802. The van der Waals surface area contributed by atoms with Crippen LogP contribution >= 0.6 is 11.8 Å². The SMILES string of the molecule is CNCc1cc(C)ccc1SCc1ccccc1C. The molecule has 2 heteroatoms. The van der Waals surface area contributed by atoms with E-state index in [9.17, 15) is 0 Å². The van der Waals surface area contributed by atoms with Crippen LogP contribution in [-0.4, -0.2) is 7.05 Å². The van der Waals surface area contributed by atoms with E-state index in [0.29, 0.717) is 0 Å². The Bertz CT molecular complexity index is 549. The molecule has 0 heterocycles. The van der Waals surface area contributed by atoms with Gasteiger partial charge in [0.15, 0.2) is 0 Å². The number of nitrogens with one attached hydrogen (secondary N) is 1. The van der Waals surface area contributed by atoms with E-state index in [0.717, 1.165) is 12.3 Å². The lowest BCUT2D eigenvalue weighted by Gasteiger charge is -2.11. The van der Waals surface area contributed by atoms with Crippen LogP contribution < -0.4 is 5.32 Å². The Balaban J connectivity index is 2.13. The van der Waals surface area contributed by atoms with Crippen molar-refractivity contribution in [3.8, 4) is 0 Å². The Morgan fingerprint density at radius 2 is 1.79 bits per heavy atom. The number of rotatable bonds is 5. The maximum Gasteiger partial charge on any atom is 0.0234 e. The number of thioether (sulfide) groups is 1. The molecule has 2 rings (SSSR count). The van der Waals surface area contributed by atoms with Crippen LogP contribution in [0.2, 0.25) is 0 Å². The van der Waals surface area contributed by atoms with Gasteiger partial charge in [0.05, 0.1) is 0 Å². The molecule has 1 nitrogen and oxygen atoms in total. The Morgan fingerprint density at radius 1 is 1.00 bits per heavy atom. The lowest BCUT2D eigenvalue weighted by Crippen LogP contribution is -2.06. The van der Waals surface area contributed by atoms with E-state index >= 15 is 0 Å². The largest absolute Gasteiger partial charge is 0.316 e. The minimum atomic E-state index is 0.928. The molecular weight excluding hydrogens is 250 g/mol. The van der Waals surface area contributed by atoms with Crippen LogP contribution in [0.25, 0.3) is 0 Å². The fraction of sp³-hybridized carbons (Fsp3) is 0.294. The molecule has 2 aromatic rings. The lowest BCUT2D eigenvalue weighted by atomic mass is 10.1. The topological polar surface area (TPSA) is 12.0 Å². The average molecular weight is 271 g/mol. The molecule has 1 N–H and O–H groups in total. The molecule has 0 amide bonds. The molecule has 0 bridgehead atoms. The van der Waals surface area contributed by atoms with Crippen LogP contribution in [0.4, 0.5) is 0 Å². The number of hydrogen-bond acceptors (Lipinski definition) is 2. The van der Waals surface area contributed by atoms with E-state index in [2.05, 4.69) is 61.6 Å². The van der Waals surface area contributed by atoms with E-state index in [1.807, 2.05) is 18.8 Å². The van der Waals surface area contributed by atoms with Crippen molar-refractivity contribution in [1.82, 2.24) is 5.32 Å². The standard InChI is InChI=1S/C17H21NS/c1-13-8-9-17(16(10-13)11-18-3)19-12-15-7-5-4-6-14(15)2/h4-10,18H,11-12H2,1-3H3. The van der Waals surface area contributed by atoms with Crippen molar-refractivity contribution in [1.29, 1.82) is 0 Å². The average Bonchev–Trinajstić information content (AvgIpc) is 2.40. The van der Waals surface area contributed by atoms with Crippen LogP contribution in [0.3, 0.4) is 0 Å². The van der Waals surface area contributed by atoms with Crippen LogP contribution in [-0.2, 0) is 12.3 Å². The second-order valence-electron chi connectivity index (χ2n) is 4.86. The predicted molar refractivity (Wildman–Crippen MR) is 84.7 cm³/mol. The molecule has 0 fully saturated rings. The van der Waals surface area contributed by atoms with Crippen molar-refractivity contribution >= 4 is 11.8 Å². The molecule has 0 aliphatic heterocycles. The van der Waals surface area contributed by atoms with Gasteiger partial charge in [0.1, 0.15) is 0 Å². The van der Waals surface area contributed by atoms with Crippen molar-refractivity contribution in [3.05, 3.63) is 64.7 Å². The van der Waals surface area contributed by atoms with Crippen molar-refractivity contribution in [2.24, 2.45) is 0 Å². The highest BCUT2D eigenvalue weighted by molar-refractivity contribution is 7.98. The fourth-order valence-corrected chi connectivity index (χ4v) is 3.22. The van der Waals surface area contributed by atoms with E-state index < -0.39 is 0 Å². The summed E-state index contributed by atoms with van der Waals surface area (Å²) in [5, 5.41) is 3.25. The third-order valence-corrected chi connectivity index (χ3v) is 4.39. The number of hydrogen-bond donors (Lipinski definition) is 1. The minimum absolute atomic E-state index is 0.928. The first kappa shape index (κ1) is 14.2. The van der Waals surface area contributed by atoms with Crippen LogP contribution in [0, 0.1) is 13.8 Å². The van der Waals surface area contributed by atoms with Crippen molar-refractivity contribution in [2.45, 2.75) is 31.0 Å². The summed E-state index contributed by atoms with van der Waals surface area (Å²) in [6.07, 6.45) is 0. The van der Waals surface area contributed by atoms with Gasteiger partial charge in [-0.2, -0.15) is 0 Å². The van der Waals surface area contributed by atoms with E-state index in [4.69, 9.17) is 0 Å². The van der Waals surface area contributed by atoms with Gasteiger partial charge < -0.3 is 5.32 Å². The van der Waals surface area contributed by atoms with Gasteiger partial charge in [-0.3, -0.25) is 0 Å². The smallest absolute Gasteiger partial charge is 0.0234 e. The van der Waals surface area contributed by atoms with Crippen molar-refractivity contribution in [3.63, 3.8) is 0 Å². The number of aryl methyl sites for hydroxylation is 2. The van der Waals surface area contributed by atoms with Gasteiger partial charge in [-0.1, -0.05) is 42.0 Å². The maximum absolute atomic E-state index is 3.25. The van der Waals surface area contributed by atoms with E-state index in [1.54, 1.807) is 0 Å². The third-order valence-electron chi connectivity index (χ3n) is 3.23. The Kier molecular flexibility index (Phi) is 5.06. The van der Waals surface area contributed by atoms with Gasteiger partial charge in [0, 0.05) is 17.2 Å². The van der Waals surface area contributed by atoms with Gasteiger partial charge in [-0.25, -0.2) is 0 Å². The molecule has 0 saturated heterocycles. The van der Waals surface area contributed by atoms with Crippen molar-refractivity contribution < 1.29 is 0 Å². The molecule has 19 heavy (non-hydrogen) atoms. The summed E-state index contributed by atoms with van der Waals surface area (Å²) in [6.45, 7) is 5.26. The summed E-state index contributed by atoms with van der Waals surface area (Å²) in [5.74, 6) is 1.03. The molecule has 0 saturated carbocycles. The molecule has 2 aromatic carbocycles. The molecule has 0 radical (unpaired) electrons. The molecule has 0 aliphatic carbocycles. The van der Waals surface area contributed by atoms with E-state index in [-0.39, 0.29) is 0 Å². The van der Waals surface area contributed by atoms with Crippen LogP contribution in [0.1, 0.15) is 22.3 Å². The highest BCUT2D eigenvalue weighted by atomic mass is 32.2. The Labute approximate surface area is 120 Å². The second kappa shape index (κ2) is 6.78. The second-order valence-corrected chi connectivity index (χ2v) is 5.87. The van der Waals surface area contributed by atoms with Gasteiger partial charge >= 0.3 is 0 Å². The molecule has 0 aliphatic rings. The zero-order valence-corrected chi connectivity index (χ0v) is 12.7. The van der Waals surface area contributed by atoms with E-state index in [1.165, 1.54) is 27.1 Å². The Hall–Kier alpha value is -1.25. The maximum atomic E-state index is 3.25. The Morgan fingerprint density at radius 3 is 2.53 bits per heavy atom. The first-order valence-electron chi connectivity index (χ1n) is 6.62. The summed E-state index contributed by atoms with van der Waals surface area (Å²) in [6, 6.07) is 15.3. The molecular formula is C17H21NS. The van der Waals surface area contributed by atoms with Gasteiger partial charge in [-0.15, -0.1) is 11.8 Å². The van der Waals surface area contributed by atoms with Crippen LogP contribution in [0.5, 0.6) is 0 Å². The van der Waals surface area contributed by atoms with Crippen LogP contribution in [0.15, 0.2) is 47.4 Å². The zero-order valence-electron chi connectivity index (χ0n) is 11.9. The minimum Gasteiger partial charge on any atom is -0.316 e. The summed E-state index contributed by atoms with van der Waals surface area (Å²) in [5.41, 5.74) is 5.51. The molecule has 0 atom stereocenters. The van der Waals surface area contributed by atoms with Gasteiger partial charge in [0.2, 0.25) is 0 Å². The molecule has 100 valence electrons. The quantitative estimate of drug-likeness (QED) is 0.813. The summed E-state index contributed by atoms with van der Waals surface area (Å²) in [7, 11) is 2.00. The summed E-state index contributed by atoms with van der Waals surface area (Å²) >= 11 is 1.92. The first-order chi connectivity index (χ1) is 9.20. The molecule has 0 unspecified atom stereocenters. The zero-order chi connectivity index (χ0) is 13.7. The molecule has 0 spiro atoms. The highest BCUT2D eigenvalue weighted by Gasteiger charge is 2.04. The summed E-state index contributed by atoms with van der Waals surface area (Å²) < 4.78 is 0.